The first-order valence-electron chi connectivity index (χ1n) is 15.4. The van der Waals surface area contributed by atoms with Gasteiger partial charge in [0.1, 0.15) is 34.9 Å². The Balaban J connectivity index is 1.27. The lowest BCUT2D eigenvalue weighted by molar-refractivity contribution is -0.303. The Morgan fingerprint density at radius 3 is 1.29 bits per heavy atom. The molecule has 0 atom stereocenters. The van der Waals surface area contributed by atoms with Crippen LogP contribution in [0.25, 0.3) is 0 Å². The number of hydrogen-bond acceptors (Lipinski definition) is 10. The predicted molar refractivity (Wildman–Crippen MR) is 160 cm³/mol. The van der Waals surface area contributed by atoms with Crippen LogP contribution >= 0.6 is 0 Å². The molecule has 2 aliphatic rings. The van der Waals surface area contributed by atoms with E-state index in [-0.39, 0.29) is 40.2 Å². The van der Waals surface area contributed by atoms with E-state index in [2.05, 4.69) is 76.2 Å². The highest BCUT2D eigenvalue weighted by Crippen LogP contribution is 2.32. The Kier molecular flexibility index (Phi) is 9.72. The molecule has 0 N–H and O–H groups in total. The summed E-state index contributed by atoms with van der Waals surface area (Å²) in [6.45, 7) is 25.5. The summed E-state index contributed by atoms with van der Waals surface area (Å²) >= 11 is 0. The Morgan fingerprint density at radius 2 is 0.929 bits per heavy atom. The topological polar surface area (TPSA) is 114 Å². The molecule has 0 unspecified atom stereocenters. The van der Waals surface area contributed by atoms with Crippen molar-refractivity contribution >= 4 is 0 Å². The second kappa shape index (κ2) is 12.5. The van der Waals surface area contributed by atoms with E-state index >= 15 is 0 Å². The molecule has 0 saturated carbocycles. The number of nitrogens with zero attached hydrogens (tertiary/aromatic N) is 6. The molecule has 0 aromatic carbocycles. The molecule has 4 rings (SSSR count). The van der Waals surface area contributed by atoms with Crippen molar-refractivity contribution in [3.05, 3.63) is 34.9 Å². The first-order valence-corrected chi connectivity index (χ1v) is 15.4. The van der Waals surface area contributed by atoms with Crippen LogP contribution in [-0.2, 0) is 48.0 Å². The maximum atomic E-state index is 6.15. The van der Waals surface area contributed by atoms with Gasteiger partial charge in [-0.05, 0) is 0 Å². The van der Waals surface area contributed by atoms with Crippen molar-refractivity contribution in [1.82, 2.24) is 29.9 Å². The molecule has 4 heterocycles. The van der Waals surface area contributed by atoms with E-state index in [0.717, 1.165) is 34.9 Å². The fraction of sp³-hybridized carbons (Fsp3) is 0.812. The van der Waals surface area contributed by atoms with Crippen LogP contribution in [0.4, 0.5) is 0 Å². The summed E-state index contributed by atoms with van der Waals surface area (Å²) in [5.41, 5.74) is -0.742. The molecule has 10 heteroatoms. The van der Waals surface area contributed by atoms with Crippen molar-refractivity contribution in [1.29, 1.82) is 0 Å². The molecule has 0 aliphatic carbocycles. The summed E-state index contributed by atoms with van der Waals surface area (Å²) in [6.07, 6.45) is 2.08. The molecule has 2 fully saturated rings. The molecule has 42 heavy (non-hydrogen) atoms. The van der Waals surface area contributed by atoms with Gasteiger partial charge in [0, 0.05) is 47.8 Å². The Hall–Kier alpha value is -2.14. The molecule has 10 nitrogen and oxygen atoms in total. The molecule has 2 aromatic heterocycles. The minimum Gasteiger partial charge on any atom is -0.352 e. The molecular weight excluding hydrogens is 532 g/mol. The van der Waals surface area contributed by atoms with Crippen molar-refractivity contribution in [2.24, 2.45) is 5.41 Å². The molecule has 0 amide bonds. The van der Waals surface area contributed by atoms with Gasteiger partial charge in [-0.25, -0.2) is 29.9 Å². The van der Waals surface area contributed by atoms with Crippen LogP contribution in [0.2, 0.25) is 0 Å². The number of rotatable bonds is 7. The van der Waals surface area contributed by atoms with E-state index in [1.54, 1.807) is 0 Å². The highest BCUT2D eigenvalue weighted by Gasteiger charge is 2.42. The van der Waals surface area contributed by atoms with E-state index in [1.165, 1.54) is 0 Å². The van der Waals surface area contributed by atoms with Crippen molar-refractivity contribution in [2.45, 2.75) is 137 Å². The van der Waals surface area contributed by atoms with Crippen molar-refractivity contribution in [2.75, 3.05) is 26.4 Å². The van der Waals surface area contributed by atoms with Crippen molar-refractivity contribution in [3.8, 4) is 0 Å². The van der Waals surface area contributed by atoms with Gasteiger partial charge in [0.15, 0.2) is 12.6 Å². The molecular formula is C32H52N6O4. The molecule has 234 valence electrons. The van der Waals surface area contributed by atoms with E-state index in [1.807, 2.05) is 0 Å². The fourth-order valence-corrected chi connectivity index (χ4v) is 4.60. The largest absolute Gasteiger partial charge is 0.352 e. The quantitative estimate of drug-likeness (QED) is 0.421. The van der Waals surface area contributed by atoms with Crippen LogP contribution in [0.1, 0.15) is 130 Å². The van der Waals surface area contributed by atoms with Gasteiger partial charge in [-0.3, -0.25) is 0 Å². The summed E-state index contributed by atoms with van der Waals surface area (Å²) in [6, 6.07) is 0. The summed E-state index contributed by atoms with van der Waals surface area (Å²) in [4.78, 5) is 28.5. The molecule has 0 bridgehead atoms. The molecule has 0 radical (unpaired) electrons. The minimum absolute atomic E-state index is 0.138. The number of ether oxygens (including phenoxy) is 4. The first kappa shape index (κ1) is 32.8. The monoisotopic (exact) mass is 584 g/mol. The van der Waals surface area contributed by atoms with Gasteiger partial charge in [-0.1, -0.05) is 76.2 Å². The van der Waals surface area contributed by atoms with Gasteiger partial charge >= 0.3 is 0 Å². The second-order valence-electron chi connectivity index (χ2n) is 15.4. The molecule has 2 saturated heterocycles. The van der Waals surface area contributed by atoms with Crippen LogP contribution in [0, 0.1) is 5.41 Å². The fourth-order valence-electron chi connectivity index (χ4n) is 4.60. The normalized spacial score (nSPS) is 24.0. The Labute approximate surface area is 252 Å². The summed E-state index contributed by atoms with van der Waals surface area (Å²) < 4.78 is 24.6. The van der Waals surface area contributed by atoms with Crippen LogP contribution in [0.15, 0.2) is 0 Å². The third-order valence-corrected chi connectivity index (χ3v) is 7.42. The van der Waals surface area contributed by atoms with Crippen LogP contribution in [0.3, 0.4) is 0 Å². The molecule has 2 aliphatic heterocycles. The van der Waals surface area contributed by atoms with Crippen molar-refractivity contribution < 1.29 is 18.9 Å². The van der Waals surface area contributed by atoms with Gasteiger partial charge in [0.2, 0.25) is 0 Å². The lowest BCUT2D eigenvalue weighted by Gasteiger charge is -2.43. The summed E-state index contributed by atoms with van der Waals surface area (Å²) in [5, 5.41) is 0. The highest BCUT2D eigenvalue weighted by molar-refractivity contribution is 5.11. The predicted octanol–water partition coefficient (Wildman–Crippen LogP) is 5.37. The Bertz CT molecular complexity index is 1160. The lowest BCUT2D eigenvalue weighted by Crippen LogP contribution is -2.52. The van der Waals surface area contributed by atoms with Gasteiger partial charge in [0.25, 0.3) is 0 Å². The van der Waals surface area contributed by atoms with Gasteiger partial charge in [0.05, 0.1) is 31.8 Å². The zero-order valence-corrected chi connectivity index (χ0v) is 27.7. The van der Waals surface area contributed by atoms with Crippen LogP contribution in [0.5, 0.6) is 0 Å². The summed E-state index contributed by atoms with van der Waals surface area (Å²) in [5.74, 6) is 5.11. The average molecular weight is 585 g/mol. The van der Waals surface area contributed by atoms with E-state index in [9.17, 15) is 0 Å². The SMILES string of the molecule is CC(C)c1nc(CCC2OCC3(CO2)COC(CCc2nc(C(C)(C)C)nc(C(C)(C)C)n2)OC3)nc(C(C)(C)C)n1. The lowest BCUT2D eigenvalue weighted by atomic mass is 9.90. The average Bonchev–Trinajstić information content (AvgIpc) is 2.91. The summed E-state index contributed by atoms with van der Waals surface area (Å²) in [7, 11) is 0. The first-order chi connectivity index (χ1) is 19.4. The Morgan fingerprint density at radius 1 is 0.571 bits per heavy atom. The van der Waals surface area contributed by atoms with Crippen molar-refractivity contribution in [3.63, 3.8) is 0 Å². The number of aromatic nitrogens is 6. The zero-order chi connectivity index (χ0) is 30.9. The minimum atomic E-state index is -0.308. The van der Waals surface area contributed by atoms with E-state index in [4.69, 9.17) is 48.9 Å². The molecule has 1 spiro atoms. The maximum absolute atomic E-state index is 6.15. The molecule has 2 aromatic rings. The number of hydrogen-bond donors (Lipinski definition) is 0. The van der Waals surface area contributed by atoms with Crippen LogP contribution < -0.4 is 0 Å². The standard InChI is InChI=1S/C32H52N6O4/c1-20(2)25-33-21(34-26(37-25)29(3,4)5)12-14-23-39-16-32(17-40-23)18-41-24(42-19-32)15-13-22-35-27(30(6,7)8)38-28(36-22)31(9,10)11/h20,23-24H,12-19H2,1-11H3. The van der Waals surface area contributed by atoms with Gasteiger partial charge in [-0.15, -0.1) is 0 Å². The maximum Gasteiger partial charge on any atom is 0.158 e. The van der Waals surface area contributed by atoms with Gasteiger partial charge in [-0.2, -0.15) is 0 Å². The second-order valence-corrected chi connectivity index (χ2v) is 15.4. The van der Waals surface area contributed by atoms with E-state index in [0.29, 0.717) is 52.1 Å². The smallest absolute Gasteiger partial charge is 0.158 e. The van der Waals surface area contributed by atoms with Gasteiger partial charge < -0.3 is 18.9 Å². The van der Waals surface area contributed by atoms with E-state index < -0.39 is 0 Å². The third-order valence-electron chi connectivity index (χ3n) is 7.42. The number of aryl methyl sites for hydroxylation is 2. The zero-order valence-electron chi connectivity index (χ0n) is 27.7. The third kappa shape index (κ3) is 8.49. The van der Waals surface area contributed by atoms with Crippen LogP contribution in [-0.4, -0.2) is 68.9 Å². The highest BCUT2D eigenvalue weighted by atomic mass is 16.7.